The Morgan fingerprint density at radius 1 is 1.04 bits per heavy atom. The first-order valence-corrected chi connectivity index (χ1v) is 9.26. The van der Waals surface area contributed by atoms with Gasteiger partial charge in [-0.1, -0.05) is 12.1 Å². The maximum atomic E-state index is 5.64. The van der Waals surface area contributed by atoms with Gasteiger partial charge in [-0.25, -0.2) is 19.9 Å². The summed E-state index contributed by atoms with van der Waals surface area (Å²) in [5, 5.41) is 3.79. The zero-order valence-electron chi connectivity index (χ0n) is 13.3. The van der Waals surface area contributed by atoms with Crippen LogP contribution in [-0.4, -0.2) is 35.8 Å². The Bertz CT molecular complexity index is 1020. The van der Waals surface area contributed by atoms with Crippen molar-refractivity contribution in [2.45, 2.75) is 6.42 Å². The minimum Gasteiger partial charge on any atom is -0.430 e. The van der Waals surface area contributed by atoms with Crippen molar-refractivity contribution in [3.8, 4) is 10.9 Å². The molecule has 4 rings (SSSR count). The monoisotopic (exact) mass is 429 g/mol. The maximum Gasteiger partial charge on any atom is 0.299 e. The van der Waals surface area contributed by atoms with E-state index in [-0.39, 0.29) is 0 Å². The number of anilines is 1. The Morgan fingerprint density at radius 2 is 1.88 bits per heavy atom. The van der Waals surface area contributed by atoms with Crippen molar-refractivity contribution in [1.29, 1.82) is 0 Å². The lowest BCUT2D eigenvalue weighted by molar-refractivity contribution is 0.478. The van der Waals surface area contributed by atoms with Crippen LogP contribution < -0.4 is 10.1 Å². The fraction of sp³-hybridized carbons (Fsp3) is 0.125. The number of ether oxygens (including phenoxy) is 1. The molecule has 0 radical (unpaired) electrons. The van der Waals surface area contributed by atoms with Crippen LogP contribution in [0.5, 0.6) is 10.9 Å². The van der Waals surface area contributed by atoms with Crippen LogP contribution in [0.15, 0.2) is 47.7 Å². The molecule has 0 aliphatic rings. The van der Waals surface area contributed by atoms with Gasteiger partial charge in [0.1, 0.15) is 17.6 Å². The van der Waals surface area contributed by atoms with Crippen molar-refractivity contribution in [2.24, 2.45) is 0 Å². The molecule has 10 heteroatoms. The van der Waals surface area contributed by atoms with Gasteiger partial charge in [0.05, 0.1) is 0 Å². The molecule has 0 aliphatic carbocycles. The second-order valence-corrected chi connectivity index (χ2v) is 6.63. The standard InChI is InChI=1S/C16H12BrN7OS/c17-15-23-16(26-24-15)25-11-3-1-10(2-4-11)5-6-19-13-12-14(22-9-21-13)20-8-7-18-12/h1-4,7-9H,5-6H2,(H,19,20,21,22). The van der Waals surface area contributed by atoms with Gasteiger partial charge in [0.2, 0.25) is 4.73 Å². The molecule has 0 bridgehead atoms. The van der Waals surface area contributed by atoms with Gasteiger partial charge < -0.3 is 10.1 Å². The summed E-state index contributed by atoms with van der Waals surface area (Å²) in [7, 11) is 0. The summed E-state index contributed by atoms with van der Waals surface area (Å²) in [6, 6.07) is 7.86. The fourth-order valence-electron chi connectivity index (χ4n) is 2.31. The van der Waals surface area contributed by atoms with Crippen molar-refractivity contribution in [3.63, 3.8) is 0 Å². The van der Waals surface area contributed by atoms with Gasteiger partial charge in [-0.3, -0.25) is 0 Å². The average molecular weight is 430 g/mol. The molecule has 0 atom stereocenters. The second kappa shape index (κ2) is 7.67. The molecular weight excluding hydrogens is 418 g/mol. The van der Waals surface area contributed by atoms with Crippen molar-refractivity contribution in [2.75, 3.05) is 11.9 Å². The van der Waals surface area contributed by atoms with Crippen LogP contribution in [-0.2, 0) is 6.42 Å². The van der Waals surface area contributed by atoms with E-state index in [1.165, 1.54) is 23.4 Å². The Morgan fingerprint density at radius 3 is 2.69 bits per heavy atom. The van der Waals surface area contributed by atoms with Gasteiger partial charge in [-0.05, 0) is 40.0 Å². The fourth-order valence-corrected chi connectivity index (χ4v) is 3.26. The molecule has 0 amide bonds. The smallest absolute Gasteiger partial charge is 0.299 e. The lowest BCUT2D eigenvalue weighted by atomic mass is 10.1. The molecule has 3 heterocycles. The van der Waals surface area contributed by atoms with Crippen molar-refractivity contribution < 1.29 is 4.74 Å². The number of halogens is 1. The summed E-state index contributed by atoms with van der Waals surface area (Å²) >= 11 is 4.40. The highest BCUT2D eigenvalue weighted by Crippen LogP contribution is 2.25. The summed E-state index contributed by atoms with van der Waals surface area (Å²) in [5.41, 5.74) is 2.42. The molecule has 0 spiro atoms. The quantitative estimate of drug-likeness (QED) is 0.497. The highest BCUT2D eigenvalue weighted by molar-refractivity contribution is 9.10. The molecule has 4 aromatic rings. The predicted octanol–water partition coefficient (Wildman–Crippen LogP) is 3.48. The van der Waals surface area contributed by atoms with E-state index in [2.05, 4.69) is 50.5 Å². The predicted molar refractivity (Wildman–Crippen MR) is 101 cm³/mol. The third-order valence-electron chi connectivity index (χ3n) is 3.49. The maximum absolute atomic E-state index is 5.64. The Balaban J connectivity index is 1.36. The van der Waals surface area contributed by atoms with E-state index in [4.69, 9.17) is 4.74 Å². The van der Waals surface area contributed by atoms with Crippen molar-refractivity contribution in [1.82, 2.24) is 29.3 Å². The molecule has 0 saturated heterocycles. The van der Waals surface area contributed by atoms with Gasteiger partial charge >= 0.3 is 0 Å². The zero-order valence-corrected chi connectivity index (χ0v) is 15.7. The van der Waals surface area contributed by atoms with E-state index >= 15 is 0 Å². The highest BCUT2D eigenvalue weighted by atomic mass is 79.9. The number of nitrogens with zero attached hydrogens (tertiary/aromatic N) is 6. The summed E-state index contributed by atoms with van der Waals surface area (Å²) in [6.07, 6.45) is 5.56. The normalized spacial score (nSPS) is 10.8. The minimum absolute atomic E-state index is 0.503. The van der Waals surface area contributed by atoms with E-state index in [9.17, 15) is 0 Å². The van der Waals surface area contributed by atoms with Gasteiger partial charge in [-0.15, -0.1) is 0 Å². The SMILES string of the molecule is Brc1nsc(Oc2ccc(CCNc3ncnc4nccnc34)cc2)n1. The Labute approximate surface area is 161 Å². The van der Waals surface area contributed by atoms with E-state index in [1.807, 2.05) is 24.3 Å². The van der Waals surface area contributed by atoms with E-state index in [0.717, 1.165) is 12.2 Å². The van der Waals surface area contributed by atoms with Crippen LogP contribution in [0.1, 0.15) is 5.56 Å². The number of hydrogen-bond acceptors (Lipinski definition) is 9. The average Bonchev–Trinajstić information content (AvgIpc) is 3.08. The van der Waals surface area contributed by atoms with Crippen LogP contribution in [0.2, 0.25) is 0 Å². The molecular formula is C16H12BrN7OS. The van der Waals surface area contributed by atoms with Gasteiger partial charge in [0, 0.05) is 30.5 Å². The van der Waals surface area contributed by atoms with Gasteiger partial charge in [0.25, 0.3) is 5.19 Å². The van der Waals surface area contributed by atoms with Crippen LogP contribution in [0.3, 0.4) is 0 Å². The molecule has 1 aromatic carbocycles. The number of nitrogens with one attached hydrogen (secondary N) is 1. The summed E-state index contributed by atoms with van der Waals surface area (Å²) < 4.78 is 10.2. The third kappa shape index (κ3) is 3.92. The molecule has 3 aromatic heterocycles. The van der Waals surface area contributed by atoms with Gasteiger partial charge in [-0.2, -0.15) is 9.36 Å². The number of hydrogen-bond donors (Lipinski definition) is 1. The first-order chi connectivity index (χ1) is 12.8. The summed E-state index contributed by atoms with van der Waals surface area (Å²) in [4.78, 5) is 20.9. The van der Waals surface area contributed by atoms with Crippen molar-refractivity contribution in [3.05, 3.63) is 53.3 Å². The molecule has 130 valence electrons. The van der Waals surface area contributed by atoms with Crippen molar-refractivity contribution >= 4 is 44.4 Å². The largest absolute Gasteiger partial charge is 0.430 e. The van der Waals surface area contributed by atoms with E-state index < -0.39 is 0 Å². The highest BCUT2D eigenvalue weighted by Gasteiger charge is 2.06. The lowest BCUT2D eigenvalue weighted by Crippen LogP contribution is -2.07. The van der Waals surface area contributed by atoms with E-state index in [0.29, 0.717) is 33.5 Å². The molecule has 0 unspecified atom stereocenters. The molecule has 0 aliphatic heterocycles. The first kappa shape index (κ1) is 16.7. The Hall–Kier alpha value is -2.72. The van der Waals surface area contributed by atoms with Gasteiger partial charge in [0.15, 0.2) is 11.5 Å². The first-order valence-electron chi connectivity index (χ1n) is 7.69. The third-order valence-corrected chi connectivity index (χ3v) is 4.67. The molecule has 26 heavy (non-hydrogen) atoms. The second-order valence-electron chi connectivity index (χ2n) is 5.20. The number of rotatable bonds is 6. The number of aromatic nitrogens is 6. The van der Waals surface area contributed by atoms with Crippen LogP contribution in [0, 0.1) is 0 Å². The van der Waals surface area contributed by atoms with Crippen LogP contribution in [0.25, 0.3) is 11.2 Å². The molecule has 1 N–H and O–H groups in total. The summed E-state index contributed by atoms with van der Waals surface area (Å²) in [5.74, 6) is 1.41. The molecule has 0 saturated carbocycles. The Kier molecular flexibility index (Phi) is 4.93. The molecule has 8 nitrogen and oxygen atoms in total. The topological polar surface area (TPSA) is 98.6 Å². The number of fused-ring (bicyclic) bond motifs is 1. The van der Waals surface area contributed by atoms with Crippen LogP contribution in [0.4, 0.5) is 5.82 Å². The summed E-state index contributed by atoms with van der Waals surface area (Å²) in [6.45, 7) is 0.715. The number of benzene rings is 1. The van der Waals surface area contributed by atoms with E-state index in [1.54, 1.807) is 12.4 Å². The minimum atomic E-state index is 0.503. The molecule has 0 fully saturated rings. The lowest BCUT2D eigenvalue weighted by Gasteiger charge is -2.07. The van der Waals surface area contributed by atoms with Crippen LogP contribution >= 0.6 is 27.5 Å². The zero-order chi connectivity index (χ0) is 17.8.